The van der Waals surface area contributed by atoms with Crippen LogP contribution in [0.3, 0.4) is 0 Å². The molecule has 4 nitrogen and oxygen atoms in total. The summed E-state index contributed by atoms with van der Waals surface area (Å²) >= 11 is 0. The Kier molecular flexibility index (Phi) is 3.94. The number of hydrogen-bond donors (Lipinski definition) is 1. The number of pyridine rings is 1. The van der Waals surface area contributed by atoms with E-state index in [1.54, 1.807) is 13.3 Å². The van der Waals surface area contributed by atoms with Gasteiger partial charge in [0.15, 0.2) is 0 Å². The summed E-state index contributed by atoms with van der Waals surface area (Å²) in [6.07, 6.45) is 8.20. The topological polar surface area (TPSA) is 45.6 Å². The van der Waals surface area contributed by atoms with Crippen LogP contribution in [0.2, 0.25) is 0 Å². The SMILES string of the molecule is COc1cccnc1C(O)C1(N2CCCC2)CCCC1. The molecule has 0 amide bonds. The van der Waals surface area contributed by atoms with Crippen LogP contribution in [-0.4, -0.2) is 40.7 Å². The molecule has 0 aromatic carbocycles. The van der Waals surface area contributed by atoms with E-state index in [-0.39, 0.29) is 5.54 Å². The van der Waals surface area contributed by atoms with Crippen molar-refractivity contribution in [3.05, 3.63) is 24.0 Å². The van der Waals surface area contributed by atoms with Gasteiger partial charge in [0.1, 0.15) is 17.5 Å². The first kappa shape index (κ1) is 13.8. The number of hydrogen-bond acceptors (Lipinski definition) is 4. The van der Waals surface area contributed by atoms with E-state index >= 15 is 0 Å². The Morgan fingerprint density at radius 1 is 1.25 bits per heavy atom. The molecule has 1 aliphatic heterocycles. The maximum Gasteiger partial charge on any atom is 0.143 e. The number of nitrogens with zero attached hydrogens (tertiary/aromatic N) is 2. The van der Waals surface area contributed by atoms with Gasteiger partial charge in [-0.3, -0.25) is 9.88 Å². The van der Waals surface area contributed by atoms with Crippen LogP contribution >= 0.6 is 0 Å². The van der Waals surface area contributed by atoms with Gasteiger partial charge in [-0.05, 0) is 50.9 Å². The summed E-state index contributed by atoms with van der Waals surface area (Å²) in [4.78, 5) is 6.91. The first-order valence-corrected chi connectivity index (χ1v) is 7.70. The maximum atomic E-state index is 11.1. The molecule has 2 fully saturated rings. The molecule has 1 atom stereocenters. The molecule has 110 valence electrons. The first-order chi connectivity index (χ1) is 9.78. The van der Waals surface area contributed by atoms with Crippen LogP contribution in [0.15, 0.2) is 18.3 Å². The van der Waals surface area contributed by atoms with Gasteiger partial charge >= 0.3 is 0 Å². The number of methoxy groups -OCH3 is 1. The standard InChI is InChI=1S/C16H24N2O2/c1-20-13-7-6-10-17-14(13)15(19)16(8-2-3-9-16)18-11-4-5-12-18/h6-7,10,15,19H,2-5,8-9,11-12H2,1H3. The molecule has 0 spiro atoms. The Morgan fingerprint density at radius 2 is 1.95 bits per heavy atom. The molecule has 1 aliphatic carbocycles. The predicted octanol–water partition coefficient (Wildman–Crippen LogP) is 2.53. The lowest BCUT2D eigenvalue weighted by molar-refractivity contribution is -0.0230. The average molecular weight is 276 g/mol. The second kappa shape index (κ2) is 5.70. The van der Waals surface area contributed by atoms with E-state index in [9.17, 15) is 5.11 Å². The Balaban J connectivity index is 1.94. The Hall–Kier alpha value is -1.13. The van der Waals surface area contributed by atoms with Crippen molar-refractivity contribution in [2.75, 3.05) is 20.2 Å². The lowest BCUT2D eigenvalue weighted by Gasteiger charge is -2.42. The highest BCUT2D eigenvalue weighted by Crippen LogP contribution is 2.46. The molecule has 4 heteroatoms. The zero-order chi connectivity index (χ0) is 14.0. The second-order valence-electron chi connectivity index (χ2n) is 6.00. The summed E-state index contributed by atoms with van der Waals surface area (Å²) in [5, 5.41) is 11.1. The van der Waals surface area contributed by atoms with Crippen LogP contribution in [0.4, 0.5) is 0 Å². The van der Waals surface area contributed by atoms with E-state index in [0.717, 1.165) is 25.9 Å². The summed E-state index contributed by atoms with van der Waals surface area (Å²) in [6.45, 7) is 2.21. The third kappa shape index (κ3) is 2.21. The van der Waals surface area contributed by atoms with Crippen LogP contribution in [0.25, 0.3) is 0 Å². The molecule has 1 N–H and O–H groups in total. The molecule has 1 aromatic heterocycles. The van der Waals surface area contributed by atoms with Crippen LogP contribution in [0, 0.1) is 0 Å². The van der Waals surface area contributed by atoms with Crippen molar-refractivity contribution in [2.45, 2.75) is 50.2 Å². The lowest BCUT2D eigenvalue weighted by atomic mass is 9.86. The molecule has 0 radical (unpaired) electrons. The molecule has 0 bridgehead atoms. The minimum absolute atomic E-state index is 0.127. The van der Waals surface area contributed by atoms with Crippen molar-refractivity contribution in [3.63, 3.8) is 0 Å². The second-order valence-corrected chi connectivity index (χ2v) is 6.00. The number of aliphatic hydroxyl groups excluding tert-OH is 1. The fourth-order valence-electron chi connectivity index (χ4n) is 3.95. The van der Waals surface area contributed by atoms with Gasteiger partial charge in [0, 0.05) is 6.20 Å². The molecule has 1 aromatic rings. The average Bonchev–Trinajstić information content (AvgIpc) is 3.17. The summed E-state index contributed by atoms with van der Waals surface area (Å²) in [5.41, 5.74) is 0.571. The van der Waals surface area contributed by atoms with E-state index in [0.29, 0.717) is 11.4 Å². The van der Waals surface area contributed by atoms with E-state index < -0.39 is 6.10 Å². The van der Waals surface area contributed by atoms with Crippen LogP contribution in [0.5, 0.6) is 5.75 Å². The van der Waals surface area contributed by atoms with Gasteiger partial charge in [0.05, 0.1) is 12.6 Å². The largest absolute Gasteiger partial charge is 0.495 e. The first-order valence-electron chi connectivity index (χ1n) is 7.70. The molecule has 1 saturated heterocycles. The van der Waals surface area contributed by atoms with E-state index in [1.807, 2.05) is 12.1 Å². The zero-order valence-corrected chi connectivity index (χ0v) is 12.2. The van der Waals surface area contributed by atoms with Crippen LogP contribution < -0.4 is 4.74 Å². The van der Waals surface area contributed by atoms with Crippen molar-refractivity contribution in [2.24, 2.45) is 0 Å². The fourth-order valence-corrected chi connectivity index (χ4v) is 3.95. The molecule has 2 aliphatic rings. The Bertz CT molecular complexity index is 452. The van der Waals surface area contributed by atoms with Crippen LogP contribution in [-0.2, 0) is 0 Å². The number of rotatable bonds is 4. The van der Waals surface area contributed by atoms with Crippen LogP contribution in [0.1, 0.15) is 50.3 Å². The molecular weight excluding hydrogens is 252 g/mol. The molecule has 1 saturated carbocycles. The highest BCUT2D eigenvalue weighted by Gasteiger charge is 2.48. The van der Waals surface area contributed by atoms with Crippen molar-refractivity contribution in [1.29, 1.82) is 0 Å². The lowest BCUT2D eigenvalue weighted by Crippen LogP contribution is -2.50. The summed E-state index contributed by atoms with van der Waals surface area (Å²) in [7, 11) is 1.64. The Morgan fingerprint density at radius 3 is 2.60 bits per heavy atom. The molecule has 1 unspecified atom stereocenters. The summed E-state index contributed by atoms with van der Waals surface area (Å²) in [6, 6.07) is 3.74. The number of aromatic nitrogens is 1. The van der Waals surface area contributed by atoms with E-state index in [1.165, 1.54) is 25.7 Å². The highest BCUT2D eigenvalue weighted by atomic mass is 16.5. The normalized spacial score (nSPS) is 23.9. The minimum Gasteiger partial charge on any atom is -0.495 e. The maximum absolute atomic E-state index is 11.1. The van der Waals surface area contributed by atoms with E-state index in [4.69, 9.17) is 4.74 Å². The highest BCUT2D eigenvalue weighted by molar-refractivity contribution is 5.31. The van der Waals surface area contributed by atoms with Gasteiger partial charge in [0.25, 0.3) is 0 Å². The summed E-state index contributed by atoms with van der Waals surface area (Å²) < 4.78 is 5.39. The summed E-state index contributed by atoms with van der Waals surface area (Å²) in [5.74, 6) is 0.700. The predicted molar refractivity (Wildman–Crippen MR) is 77.8 cm³/mol. The van der Waals surface area contributed by atoms with Gasteiger partial charge in [-0.15, -0.1) is 0 Å². The van der Waals surface area contributed by atoms with E-state index in [2.05, 4.69) is 9.88 Å². The van der Waals surface area contributed by atoms with Gasteiger partial charge in [0.2, 0.25) is 0 Å². The monoisotopic (exact) mass is 276 g/mol. The fraction of sp³-hybridized carbons (Fsp3) is 0.688. The molecule has 20 heavy (non-hydrogen) atoms. The molecular formula is C16H24N2O2. The van der Waals surface area contributed by atoms with Gasteiger partial charge in [-0.1, -0.05) is 12.8 Å². The third-order valence-corrected chi connectivity index (χ3v) is 4.99. The minimum atomic E-state index is -0.556. The van der Waals surface area contributed by atoms with Crippen molar-refractivity contribution in [3.8, 4) is 5.75 Å². The number of ether oxygens (including phenoxy) is 1. The van der Waals surface area contributed by atoms with Crippen molar-refractivity contribution >= 4 is 0 Å². The Labute approximate surface area is 120 Å². The van der Waals surface area contributed by atoms with Gasteiger partial charge < -0.3 is 9.84 Å². The zero-order valence-electron chi connectivity index (χ0n) is 12.2. The van der Waals surface area contributed by atoms with Crippen molar-refractivity contribution in [1.82, 2.24) is 9.88 Å². The number of aliphatic hydroxyl groups is 1. The quantitative estimate of drug-likeness (QED) is 0.918. The molecule has 3 rings (SSSR count). The smallest absolute Gasteiger partial charge is 0.143 e. The number of likely N-dealkylation sites (tertiary alicyclic amines) is 1. The third-order valence-electron chi connectivity index (χ3n) is 4.99. The van der Waals surface area contributed by atoms with Crippen molar-refractivity contribution < 1.29 is 9.84 Å². The molecule has 2 heterocycles. The van der Waals surface area contributed by atoms with Gasteiger partial charge in [-0.25, -0.2) is 0 Å². The van der Waals surface area contributed by atoms with Gasteiger partial charge in [-0.2, -0.15) is 0 Å².